The predicted molar refractivity (Wildman–Crippen MR) is 256 cm³/mol. The minimum absolute atomic E-state index is 0.914. The fourth-order valence-corrected chi connectivity index (χ4v) is 15.6. The lowest BCUT2D eigenvalue weighted by atomic mass is 10.0. The molecule has 3 heteroatoms. The molecule has 0 N–H and O–H groups in total. The summed E-state index contributed by atoms with van der Waals surface area (Å²) in [7, 11) is -2.96. The van der Waals surface area contributed by atoms with Crippen LogP contribution in [0, 0.1) is 0 Å². The second-order valence-corrected chi connectivity index (χ2v) is 20.5. The van der Waals surface area contributed by atoms with Crippen LogP contribution in [-0.4, -0.2) is 8.07 Å². The lowest BCUT2D eigenvalue weighted by Gasteiger charge is -2.35. The first-order valence-electron chi connectivity index (χ1n) is 20.2. The number of thiophene rings is 1. The number of hydrogen-bond donors (Lipinski definition) is 0. The van der Waals surface area contributed by atoms with Gasteiger partial charge in [0.1, 0.15) is 11.2 Å². The number of rotatable bonds is 6. The standard InChI is InChI=1S/C56H36OSSi/c1-3-13-41-35-45(33-23-37(41)11-1)59(46-34-24-38-12-2-4-14-42(38)36-46,43-29-25-39(26-30-43)47-17-9-19-51-49-15-5-7-21-53(49)57-55(47)51)44-31-27-40(28-32-44)48-18-10-20-52-50-16-6-8-22-54(50)58-56(48)52/h1-36H. The summed E-state index contributed by atoms with van der Waals surface area (Å²) in [6, 6.07) is 81.3. The van der Waals surface area contributed by atoms with E-state index in [2.05, 4.69) is 212 Å². The maximum Gasteiger partial charge on any atom is 0.179 e. The molecule has 1 nitrogen and oxygen atoms in total. The Morgan fingerprint density at radius 3 is 1.49 bits per heavy atom. The van der Waals surface area contributed by atoms with Crippen molar-refractivity contribution in [1.82, 2.24) is 0 Å². The average Bonchev–Trinajstić information content (AvgIpc) is 3.89. The highest BCUT2D eigenvalue weighted by molar-refractivity contribution is 7.26. The molecule has 2 heterocycles. The Labute approximate surface area is 347 Å². The average molecular weight is 785 g/mol. The summed E-state index contributed by atoms with van der Waals surface area (Å²) in [5.41, 5.74) is 6.61. The molecular weight excluding hydrogens is 749 g/mol. The second-order valence-electron chi connectivity index (χ2n) is 15.6. The summed E-state index contributed by atoms with van der Waals surface area (Å²) in [6.45, 7) is 0. The maximum absolute atomic E-state index is 6.53. The summed E-state index contributed by atoms with van der Waals surface area (Å²) < 4.78 is 9.19. The molecule has 0 saturated heterocycles. The molecule has 12 aromatic rings. The molecule has 0 amide bonds. The molecule has 0 aliphatic rings. The molecule has 0 saturated carbocycles. The monoisotopic (exact) mass is 784 g/mol. The molecule has 0 aliphatic carbocycles. The van der Waals surface area contributed by atoms with E-state index in [9.17, 15) is 0 Å². The highest BCUT2D eigenvalue weighted by atomic mass is 32.1. The van der Waals surface area contributed by atoms with Crippen LogP contribution in [0.15, 0.2) is 223 Å². The first-order chi connectivity index (χ1) is 29.2. The Balaban J connectivity index is 1.10. The Kier molecular flexibility index (Phi) is 7.80. The third kappa shape index (κ3) is 5.36. The zero-order valence-corrected chi connectivity index (χ0v) is 33.9. The second kappa shape index (κ2) is 13.5. The number of hydrogen-bond acceptors (Lipinski definition) is 2. The van der Waals surface area contributed by atoms with Crippen LogP contribution in [0.1, 0.15) is 0 Å². The van der Waals surface area contributed by atoms with E-state index < -0.39 is 8.07 Å². The summed E-state index contributed by atoms with van der Waals surface area (Å²) >= 11 is 1.89. The quantitative estimate of drug-likeness (QED) is 0.121. The molecule has 2 aromatic heterocycles. The van der Waals surface area contributed by atoms with Crippen LogP contribution in [0.5, 0.6) is 0 Å². The predicted octanol–water partition coefficient (Wildman–Crippen LogP) is 13.0. The summed E-state index contributed by atoms with van der Waals surface area (Å²) in [4.78, 5) is 0. The van der Waals surface area contributed by atoms with Crippen LogP contribution in [0.3, 0.4) is 0 Å². The Hall–Kier alpha value is -7.04. The minimum atomic E-state index is -2.96. The third-order valence-electron chi connectivity index (χ3n) is 12.4. The van der Waals surface area contributed by atoms with Crippen LogP contribution in [-0.2, 0) is 0 Å². The lowest BCUT2D eigenvalue weighted by molar-refractivity contribution is 0.670. The van der Waals surface area contributed by atoms with Crippen LogP contribution >= 0.6 is 11.3 Å². The molecule has 12 rings (SSSR count). The van der Waals surface area contributed by atoms with E-state index in [1.54, 1.807) is 0 Å². The molecule has 59 heavy (non-hydrogen) atoms. The van der Waals surface area contributed by atoms with Gasteiger partial charge >= 0.3 is 0 Å². The van der Waals surface area contributed by atoms with Gasteiger partial charge in [0.15, 0.2) is 8.07 Å². The van der Waals surface area contributed by atoms with Gasteiger partial charge in [0, 0.05) is 36.5 Å². The van der Waals surface area contributed by atoms with E-state index in [1.165, 1.54) is 73.6 Å². The molecule has 0 aliphatic heterocycles. The molecule has 0 fully saturated rings. The molecular formula is C56H36OSSi. The van der Waals surface area contributed by atoms with Gasteiger partial charge in [-0.1, -0.05) is 206 Å². The number of fused-ring (bicyclic) bond motifs is 8. The van der Waals surface area contributed by atoms with Gasteiger partial charge in [-0.3, -0.25) is 0 Å². The molecule has 0 bridgehead atoms. The fraction of sp³-hybridized carbons (Fsp3) is 0. The van der Waals surface area contributed by atoms with Crippen LogP contribution < -0.4 is 20.7 Å². The van der Waals surface area contributed by atoms with E-state index in [0.29, 0.717) is 0 Å². The zero-order chi connectivity index (χ0) is 38.9. The van der Waals surface area contributed by atoms with E-state index in [0.717, 1.165) is 33.1 Å². The van der Waals surface area contributed by atoms with Crippen molar-refractivity contribution in [3.63, 3.8) is 0 Å². The van der Waals surface area contributed by atoms with Crippen molar-refractivity contribution in [3.8, 4) is 22.3 Å². The number of benzene rings is 10. The summed E-state index contributed by atoms with van der Waals surface area (Å²) in [6.07, 6.45) is 0. The van der Waals surface area contributed by atoms with Crippen molar-refractivity contribution in [2.24, 2.45) is 0 Å². The topological polar surface area (TPSA) is 13.1 Å². The lowest BCUT2D eigenvalue weighted by Crippen LogP contribution is -2.74. The minimum Gasteiger partial charge on any atom is -0.455 e. The van der Waals surface area contributed by atoms with E-state index in [-0.39, 0.29) is 0 Å². The van der Waals surface area contributed by atoms with Crippen LogP contribution in [0.4, 0.5) is 0 Å². The third-order valence-corrected chi connectivity index (χ3v) is 18.4. The van der Waals surface area contributed by atoms with E-state index in [1.807, 2.05) is 17.4 Å². The highest BCUT2D eigenvalue weighted by Gasteiger charge is 2.42. The molecule has 10 aromatic carbocycles. The van der Waals surface area contributed by atoms with Gasteiger partial charge in [0.25, 0.3) is 0 Å². The van der Waals surface area contributed by atoms with Gasteiger partial charge < -0.3 is 4.42 Å². The summed E-state index contributed by atoms with van der Waals surface area (Å²) in [5, 5.41) is 15.3. The first kappa shape index (κ1) is 34.0. The van der Waals surface area contributed by atoms with Crippen molar-refractivity contribution in [2.75, 3.05) is 0 Å². The van der Waals surface area contributed by atoms with Gasteiger partial charge in [-0.25, -0.2) is 0 Å². The van der Waals surface area contributed by atoms with Crippen molar-refractivity contribution < 1.29 is 4.42 Å². The maximum atomic E-state index is 6.53. The van der Waals surface area contributed by atoms with Crippen molar-refractivity contribution in [2.45, 2.75) is 0 Å². The summed E-state index contributed by atoms with van der Waals surface area (Å²) in [5.74, 6) is 0. The van der Waals surface area contributed by atoms with Gasteiger partial charge in [0.2, 0.25) is 0 Å². The van der Waals surface area contributed by atoms with E-state index in [4.69, 9.17) is 4.42 Å². The molecule has 0 spiro atoms. The normalized spacial score (nSPS) is 12.1. The molecule has 0 radical (unpaired) electrons. The molecule has 0 atom stereocenters. The SMILES string of the molecule is c1ccc2cc([Si](c3ccc(-c4cccc5c4oc4ccccc45)cc3)(c3ccc(-c4cccc5c4sc4ccccc45)cc3)c3ccc4ccccc4c3)ccc2c1. The van der Waals surface area contributed by atoms with Crippen LogP contribution in [0.2, 0.25) is 0 Å². The number of para-hydroxylation sites is 2. The van der Waals surface area contributed by atoms with Crippen molar-refractivity contribution in [3.05, 3.63) is 218 Å². The highest BCUT2D eigenvalue weighted by Crippen LogP contribution is 2.40. The smallest absolute Gasteiger partial charge is 0.179 e. The van der Waals surface area contributed by atoms with E-state index >= 15 is 0 Å². The van der Waals surface area contributed by atoms with Crippen molar-refractivity contribution >= 4 is 104 Å². The van der Waals surface area contributed by atoms with Gasteiger partial charge in [-0.05, 0) is 71.1 Å². The van der Waals surface area contributed by atoms with Gasteiger partial charge in [-0.15, -0.1) is 11.3 Å². The Morgan fingerprint density at radius 1 is 0.339 bits per heavy atom. The first-order valence-corrected chi connectivity index (χ1v) is 23.0. The molecule has 276 valence electrons. The fourth-order valence-electron chi connectivity index (χ4n) is 9.59. The molecule has 0 unspecified atom stereocenters. The van der Waals surface area contributed by atoms with Crippen LogP contribution in [0.25, 0.3) is 85.9 Å². The largest absolute Gasteiger partial charge is 0.455 e. The Morgan fingerprint density at radius 2 is 0.831 bits per heavy atom. The Bertz CT molecular complexity index is 3320. The van der Waals surface area contributed by atoms with Gasteiger partial charge in [-0.2, -0.15) is 0 Å². The van der Waals surface area contributed by atoms with Crippen molar-refractivity contribution in [1.29, 1.82) is 0 Å². The number of furan rings is 1. The zero-order valence-electron chi connectivity index (χ0n) is 32.1. The van der Waals surface area contributed by atoms with Gasteiger partial charge in [0.05, 0.1) is 0 Å².